The van der Waals surface area contributed by atoms with Crippen molar-refractivity contribution in [2.24, 2.45) is 7.05 Å². The van der Waals surface area contributed by atoms with E-state index in [2.05, 4.69) is 20.6 Å². The van der Waals surface area contributed by atoms with Crippen molar-refractivity contribution in [2.45, 2.75) is 0 Å². The van der Waals surface area contributed by atoms with Crippen molar-refractivity contribution in [3.63, 3.8) is 0 Å². The van der Waals surface area contributed by atoms with Crippen molar-refractivity contribution < 1.29 is 0 Å². The number of nitrogens with zero attached hydrogens (tertiary/aromatic N) is 4. The second-order valence-electron chi connectivity index (χ2n) is 4.10. The van der Waals surface area contributed by atoms with Crippen LogP contribution >= 0.6 is 0 Å². The molecule has 0 aliphatic rings. The molecule has 0 saturated heterocycles. The van der Waals surface area contributed by atoms with Gasteiger partial charge in [-0.1, -0.05) is 24.3 Å². The molecule has 0 amide bonds. The van der Waals surface area contributed by atoms with Gasteiger partial charge in [-0.15, -0.1) is 10.2 Å². The molecule has 0 spiro atoms. The van der Waals surface area contributed by atoms with E-state index >= 15 is 0 Å². The first-order valence-corrected chi connectivity index (χ1v) is 5.72. The Bertz CT molecular complexity index is 701. The summed E-state index contributed by atoms with van der Waals surface area (Å²) in [6.07, 6.45) is 3.74. The Hall–Kier alpha value is -2.43. The minimum atomic E-state index is 0.790. The number of hydrogen-bond donors (Lipinski definition) is 1. The summed E-state index contributed by atoms with van der Waals surface area (Å²) in [5.41, 5.74) is 1.83. The summed E-state index contributed by atoms with van der Waals surface area (Å²) in [6, 6.07) is 8.09. The Labute approximate surface area is 104 Å². The van der Waals surface area contributed by atoms with Crippen LogP contribution in [0, 0.1) is 0 Å². The van der Waals surface area contributed by atoms with Gasteiger partial charge in [-0.05, 0) is 0 Å². The predicted molar refractivity (Wildman–Crippen MR) is 71.3 cm³/mol. The number of benzene rings is 1. The fraction of sp³-hybridized carbons (Fsp3) is 0.154. The Morgan fingerprint density at radius 1 is 1.11 bits per heavy atom. The second-order valence-corrected chi connectivity index (χ2v) is 4.10. The SMILES string of the molecule is CNc1nnc(-c2cnn(C)c2)c2ccccc12. The molecule has 0 atom stereocenters. The summed E-state index contributed by atoms with van der Waals surface area (Å²) in [5, 5.41) is 17.9. The van der Waals surface area contributed by atoms with Crippen LogP contribution in [0.4, 0.5) is 5.82 Å². The first-order valence-electron chi connectivity index (χ1n) is 5.72. The molecular formula is C13H13N5. The third-order valence-electron chi connectivity index (χ3n) is 2.90. The Balaban J connectivity index is 2.31. The average molecular weight is 239 g/mol. The normalized spacial score (nSPS) is 10.8. The van der Waals surface area contributed by atoms with Gasteiger partial charge in [0, 0.05) is 36.6 Å². The minimum absolute atomic E-state index is 0.790. The number of hydrogen-bond acceptors (Lipinski definition) is 4. The van der Waals surface area contributed by atoms with Gasteiger partial charge in [0.15, 0.2) is 5.82 Å². The number of rotatable bonds is 2. The van der Waals surface area contributed by atoms with E-state index in [1.807, 2.05) is 44.6 Å². The van der Waals surface area contributed by atoms with E-state index in [0.717, 1.165) is 27.8 Å². The van der Waals surface area contributed by atoms with Crippen LogP contribution in [0.1, 0.15) is 0 Å². The molecule has 0 aliphatic heterocycles. The largest absolute Gasteiger partial charge is 0.371 e. The Morgan fingerprint density at radius 3 is 2.56 bits per heavy atom. The van der Waals surface area contributed by atoms with Crippen LogP contribution in [0.25, 0.3) is 22.0 Å². The van der Waals surface area contributed by atoms with Crippen LogP contribution in [0.5, 0.6) is 0 Å². The fourth-order valence-electron chi connectivity index (χ4n) is 2.05. The van der Waals surface area contributed by atoms with Gasteiger partial charge in [-0.25, -0.2) is 0 Å². The van der Waals surface area contributed by atoms with Gasteiger partial charge >= 0.3 is 0 Å². The van der Waals surface area contributed by atoms with Crippen LogP contribution in [0.3, 0.4) is 0 Å². The zero-order chi connectivity index (χ0) is 12.5. The van der Waals surface area contributed by atoms with Gasteiger partial charge in [-0.2, -0.15) is 5.10 Å². The van der Waals surface area contributed by atoms with Gasteiger partial charge in [0.25, 0.3) is 0 Å². The van der Waals surface area contributed by atoms with Crippen molar-refractivity contribution in [1.29, 1.82) is 0 Å². The Morgan fingerprint density at radius 2 is 1.89 bits per heavy atom. The number of anilines is 1. The van der Waals surface area contributed by atoms with Gasteiger partial charge in [0.2, 0.25) is 0 Å². The summed E-state index contributed by atoms with van der Waals surface area (Å²) >= 11 is 0. The highest BCUT2D eigenvalue weighted by Crippen LogP contribution is 2.28. The molecular weight excluding hydrogens is 226 g/mol. The molecule has 3 aromatic rings. The van der Waals surface area contributed by atoms with E-state index in [1.165, 1.54) is 0 Å². The van der Waals surface area contributed by atoms with E-state index in [1.54, 1.807) is 10.9 Å². The van der Waals surface area contributed by atoms with Gasteiger partial charge < -0.3 is 5.32 Å². The summed E-state index contributed by atoms with van der Waals surface area (Å²) < 4.78 is 1.76. The van der Waals surface area contributed by atoms with E-state index in [4.69, 9.17) is 0 Å². The fourth-order valence-corrected chi connectivity index (χ4v) is 2.05. The molecule has 5 heteroatoms. The average Bonchev–Trinajstić information content (AvgIpc) is 2.84. The second kappa shape index (κ2) is 4.10. The molecule has 0 aliphatic carbocycles. The molecule has 2 aromatic heterocycles. The number of fused-ring (bicyclic) bond motifs is 1. The van der Waals surface area contributed by atoms with Crippen LogP contribution < -0.4 is 5.32 Å². The lowest BCUT2D eigenvalue weighted by Gasteiger charge is -2.07. The summed E-state index contributed by atoms with van der Waals surface area (Å²) in [5.74, 6) is 0.790. The smallest absolute Gasteiger partial charge is 0.156 e. The lowest BCUT2D eigenvalue weighted by atomic mass is 10.1. The zero-order valence-corrected chi connectivity index (χ0v) is 10.3. The number of nitrogens with one attached hydrogen (secondary N) is 1. The molecule has 5 nitrogen and oxygen atoms in total. The summed E-state index contributed by atoms with van der Waals surface area (Å²) in [4.78, 5) is 0. The maximum Gasteiger partial charge on any atom is 0.156 e. The molecule has 1 N–H and O–H groups in total. The van der Waals surface area contributed by atoms with Gasteiger partial charge in [-0.3, -0.25) is 4.68 Å². The zero-order valence-electron chi connectivity index (χ0n) is 10.3. The third kappa shape index (κ3) is 1.60. The highest BCUT2D eigenvalue weighted by atomic mass is 15.2. The highest BCUT2D eigenvalue weighted by Gasteiger charge is 2.10. The van der Waals surface area contributed by atoms with Crippen LogP contribution in [-0.4, -0.2) is 27.0 Å². The van der Waals surface area contributed by atoms with Gasteiger partial charge in [0.05, 0.1) is 6.20 Å². The van der Waals surface area contributed by atoms with E-state index in [9.17, 15) is 0 Å². The standard InChI is InChI=1S/C13H13N5/c1-14-13-11-6-4-3-5-10(11)12(16-17-13)9-7-15-18(2)8-9/h3-8H,1-2H3,(H,14,17). The summed E-state index contributed by atoms with van der Waals surface area (Å²) in [7, 11) is 3.74. The topological polar surface area (TPSA) is 55.6 Å². The maximum atomic E-state index is 4.30. The first-order chi connectivity index (χ1) is 8.79. The van der Waals surface area contributed by atoms with Gasteiger partial charge in [0.1, 0.15) is 5.69 Å². The lowest BCUT2D eigenvalue weighted by molar-refractivity contribution is 0.768. The lowest BCUT2D eigenvalue weighted by Crippen LogP contribution is -1.98. The molecule has 1 aromatic carbocycles. The Kier molecular flexibility index (Phi) is 2.44. The van der Waals surface area contributed by atoms with E-state index in [-0.39, 0.29) is 0 Å². The van der Waals surface area contributed by atoms with Crippen molar-refractivity contribution in [3.05, 3.63) is 36.7 Å². The molecule has 0 saturated carbocycles. The van der Waals surface area contributed by atoms with Crippen molar-refractivity contribution in [1.82, 2.24) is 20.0 Å². The van der Waals surface area contributed by atoms with Crippen LogP contribution in [-0.2, 0) is 7.05 Å². The molecule has 2 heterocycles. The number of aromatic nitrogens is 4. The molecule has 0 unspecified atom stereocenters. The number of aryl methyl sites for hydroxylation is 1. The quantitative estimate of drug-likeness (QED) is 0.743. The molecule has 0 bridgehead atoms. The van der Waals surface area contributed by atoms with E-state index in [0.29, 0.717) is 0 Å². The van der Waals surface area contributed by atoms with Crippen LogP contribution in [0.2, 0.25) is 0 Å². The molecule has 0 fully saturated rings. The third-order valence-corrected chi connectivity index (χ3v) is 2.90. The van der Waals surface area contributed by atoms with Crippen molar-refractivity contribution >= 4 is 16.6 Å². The van der Waals surface area contributed by atoms with E-state index < -0.39 is 0 Å². The monoisotopic (exact) mass is 239 g/mol. The highest BCUT2D eigenvalue weighted by molar-refractivity contribution is 5.99. The van der Waals surface area contributed by atoms with Crippen molar-refractivity contribution in [3.8, 4) is 11.3 Å². The summed E-state index contributed by atoms with van der Waals surface area (Å²) in [6.45, 7) is 0. The minimum Gasteiger partial charge on any atom is -0.371 e. The molecule has 0 radical (unpaired) electrons. The van der Waals surface area contributed by atoms with Crippen LogP contribution in [0.15, 0.2) is 36.7 Å². The molecule has 90 valence electrons. The first kappa shape index (κ1) is 10.7. The maximum absolute atomic E-state index is 4.30. The van der Waals surface area contributed by atoms with Crippen molar-refractivity contribution in [2.75, 3.05) is 12.4 Å². The molecule has 3 rings (SSSR count). The predicted octanol–water partition coefficient (Wildman–Crippen LogP) is 2.07. The molecule has 18 heavy (non-hydrogen) atoms.